The number of nitrogens with zero attached hydrogens (tertiary/aromatic N) is 3. The van der Waals surface area contributed by atoms with E-state index >= 15 is 0 Å². The van der Waals surface area contributed by atoms with Gasteiger partial charge in [-0.2, -0.15) is 0 Å². The SMILES string of the molecule is CCCOc1cccc([C@@H]2/C(=C(\O)c3ccc4c(c3)C[C@@H](C)O4)C(=O)C(=O)N2CCCn2ccnc2)c1. The van der Waals surface area contributed by atoms with Crippen molar-refractivity contribution in [2.45, 2.75) is 51.8 Å². The van der Waals surface area contributed by atoms with Gasteiger partial charge in [-0.3, -0.25) is 9.59 Å². The minimum atomic E-state index is -0.726. The average Bonchev–Trinajstić information content (AvgIpc) is 3.61. The smallest absolute Gasteiger partial charge is 0.295 e. The Morgan fingerprint density at radius 2 is 2.05 bits per heavy atom. The summed E-state index contributed by atoms with van der Waals surface area (Å²) in [5.41, 5.74) is 2.27. The van der Waals surface area contributed by atoms with Gasteiger partial charge in [0.15, 0.2) is 0 Å². The van der Waals surface area contributed by atoms with Crippen molar-refractivity contribution in [3.05, 3.63) is 83.4 Å². The van der Waals surface area contributed by atoms with Crippen LogP contribution < -0.4 is 9.47 Å². The van der Waals surface area contributed by atoms with Gasteiger partial charge >= 0.3 is 0 Å². The monoisotopic (exact) mass is 501 g/mol. The van der Waals surface area contributed by atoms with Crippen LogP contribution in [0.15, 0.2) is 66.8 Å². The first-order chi connectivity index (χ1) is 18.0. The molecule has 0 bridgehead atoms. The van der Waals surface area contributed by atoms with Gasteiger partial charge in [-0.05, 0) is 61.2 Å². The minimum Gasteiger partial charge on any atom is -0.507 e. The number of likely N-dealkylation sites (tertiary alicyclic amines) is 1. The van der Waals surface area contributed by atoms with Crippen LogP contribution >= 0.6 is 0 Å². The van der Waals surface area contributed by atoms with Gasteiger partial charge in [-0.15, -0.1) is 0 Å². The lowest BCUT2D eigenvalue weighted by Gasteiger charge is -2.26. The zero-order chi connectivity index (χ0) is 25.9. The lowest BCUT2D eigenvalue weighted by atomic mass is 9.94. The molecule has 0 spiro atoms. The van der Waals surface area contributed by atoms with Crippen LogP contribution in [0.1, 0.15) is 49.4 Å². The summed E-state index contributed by atoms with van der Waals surface area (Å²) in [5.74, 6) is -0.0404. The van der Waals surface area contributed by atoms with Crippen molar-refractivity contribution >= 4 is 17.4 Å². The maximum absolute atomic E-state index is 13.4. The number of rotatable bonds is 9. The van der Waals surface area contributed by atoms with Gasteiger partial charge in [0.1, 0.15) is 23.4 Å². The molecule has 0 aliphatic carbocycles. The molecule has 0 radical (unpaired) electrons. The fourth-order valence-electron chi connectivity index (χ4n) is 5.02. The summed E-state index contributed by atoms with van der Waals surface area (Å²) in [5, 5.41) is 11.4. The van der Waals surface area contributed by atoms with E-state index in [2.05, 4.69) is 4.98 Å². The van der Waals surface area contributed by atoms with Gasteiger partial charge < -0.3 is 24.0 Å². The number of imidazole rings is 1. The minimum absolute atomic E-state index is 0.0549. The summed E-state index contributed by atoms with van der Waals surface area (Å²) < 4.78 is 13.5. The van der Waals surface area contributed by atoms with E-state index < -0.39 is 17.7 Å². The number of aliphatic hydroxyl groups is 1. The number of aryl methyl sites for hydroxylation is 1. The van der Waals surface area contributed by atoms with Crippen molar-refractivity contribution in [1.29, 1.82) is 0 Å². The van der Waals surface area contributed by atoms with Gasteiger partial charge in [-0.25, -0.2) is 4.98 Å². The Bertz CT molecular complexity index is 1330. The molecule has 192 valence electrons. The Hall–Kier alpha value is -4.07. The summed E-state index contributed by atoms with van der Waals surface area (Å²) in [6.07, 6.45) is 7.55. The van der Waals surface area contributed by atoms with Gasteiger partial charge in [-0.1, -0.05) is 19.1 Å². The third-order valence-electron chi connectivity index (χ3n) is 6.73. The molecule has 2 aromatic carbocycles. The molecule has 8 heteroatoms. The van der Waals surface area contributed by atoms with Gasteiger partial charge in [0.25, 0.3) is 11.7 Å². The fourth-order valence-corrected chi connectivity index (χ4v) is 5.02. The number of Topliss-reactive ketones (excluding diaryl/α,β-unsaturated/α-hetero) is 1. The second-order valence-electron chi connectivity index (χ2n) is 9.52. The Labute approximate surface area is 216 Å². The van der Waals surface area contributed by atoms with Crippen molar-refractivity contribution in [1.82, 2.24) is 14.5 Å². The van der Waals surface area contributed by atoms with Gasteiger partial charge in [0.05, 0.1) is 24.5 Å². The second kappa shape index (κ2) is 10.5. The van der Waals surface area contributed by atoms with Crippen LogP contribution in [0.4, 0.5) is 0 Å². The van der Waals surface area contributed by atoms with Crippen molar-refractivity contribution < 1.29 is 24.2 Å². The molecular weight excluding hydrogens is 470 g/mol. The number of aromatic nitrogens is 2. The first-order valence-electron chi connectivity index (χ1n) is 12.7. The third kappa shape index (κ3) is 4.96. The summed E-state index contributed by atoms with van der Waals surface area (Å²) in [6.45, 7) is 5.58. The maximum Gasteiger partial charge on any atom is 0.295 e. The Morgan fingerprint density at radius 3 is 2.84 bits per heavy atom. The topological polar surface area (TPSA) is 93.9 Å². The molecule has 1 aromatic heterocycles. The first kappa shape index (κ1) is 24.6. The predicted molar refractivity (Wildman–Crippen MR) is 138 cm³/mol. The number of aliphatic hydroxyl groups excluding tert-OH is 1. The van der Waals surface area contributed by atoms with Crippen LogP contribution in [-0.2, 0) is 22.6 Å². The summed E-state index contributed by atoms with van der Waals surface area (Å²) in [4.78, 5) is 32.3. The molecule has 2 atom stereocenters. The number of fused-ring (bicyclic) bond motifs is 1. The van der Waals surface area contributed by atoms with Gasteiger partial charge in [0.2, 0.25) is 0 Å². The van der Waals surface area contributed by atoms with Gasteiger partial charge in [0, 0.05) is 37.5 Å². The van der Waals surface area contributed by atoms with Crippen molar-refractivity contribution in [2.24, 2.45) is 0 Å². The summed E-state index contributed by atoms with van der Waals surface area (Å²) >= 11 is 0. The fraction of sp³-hybridized carbons (Fsp3) is 0.345. The second-order valence-corrected chi connectivity index (χ2v) is 9.52. The van der Waals surface area contributed by atoms with Crippen LogP contribution in [0, 0.1) is 0 Å². The predicted octanol–water partition coefficient (Wildman–Crippen LogP) is 4.51. The molecule has 0 saturated carbocycles. The molecule has 1 N–H and O–H groups in total. The Kier molecular flexibility index (Phi) is 6.99. The van der Waals surface area contributed by atoms with Crippen molar-refractivity contribution in [3.63, 3.8) is 0 Å². The molecule has 5 rings (SSSR count). The molecule has 0 unspecified atom stereocenters. The van der Waals surface area contributed by atoms with E-state index in [1.165, 1.54) is 0 Å². The third-order valence-corrected chi connectivity index (χ3v) is 6.73. The van der Waals surface area contributed by atoms with Crippen molar-refractivity contribution in [3.8, 4) is 11.5 Å². The average molecular weight is 502 g/mol. The summed E-state index contributed by atoms with van der Waals surface area (Å²) in [7, 11) is 0. The van der Waals surface area contributed by atoms with E-state index in [0.717, 1.165) is 29.7 Å². The number of benzene rings is 2. The number of ether oxygens (including phenoxy) is 2. The quantitative estimate of drug-likeness (QED) is 0.264. The maximum atomic E-state index is 13.4. The highest BCUT2D eigenvalue weighted by molar-refractivity contribution is 6.46. The number of hydrogen-bond donors (Lipinski definition) is 1. The molecule has 2 aliphatic heterocycles. The molecular formula is C29H31N3O5. The standard InChI is InChI=1S/C29H31N3O5/c1-3-14-36-23-7-4-6-20(17-23)26-25(27(33)21-8-9-24-22(16-21)15-19(2)37-24)28(34)29(35)32(26)12-5-11-31-13-10-30-18-31/h4,6-10,13,16-19,26,33H,3,5,11-12,14-15H2,1-2H3/b27-25+/t19-,26-/m1/s1. The Morgan fingerprint density at radius 1 is 1.19 bits per heavy atom. The van der Waals surface area contributed by atoms with E-state index in [1.54, 1.807) is 23.5 Å². The number of carbonyl (C=O) groups excluding carboxylic acids is 2. The molecule has 3 aromatic rings. The molecule has 2 aliphatic rings. The van der Waals surface area contributed by atoms with Crippen LogP contribution in [0.25, 0.3) is 5.76 Å². The zero-order valence-corrected chi connectivity index (χ0v) is 21.1. The first-order valence-corrected chi connectivity index (χ1v) is 12.7. The highest BCUT2D eigenvalue weighted by Gasteiger charge is 2.46. The molecule has 3 heterocycles. The lowest BCUT2D eigenvalue weighted by Crippen LogP contribution is -2.31. The molecule has 8 nitrogen and oxygen atoms in total. The highest BCUT2D eigenvalue weighted by Crippen LogP contribution is 2.41. The van der Waals surface area contributed by atoms with Crippen LogP contribution in [0.3, 0.4) is 0 Å². The van der Waals surface area contributed by atoms with Crippen LogP contribution in [-0.4, -0.2) is 50.5 Å². The van der Waals surface area contributed by atoms with Crippen molar-refractivity contribution in [2.75, 3.05) is 13.2 Å². The van der Waals surface area contributed by atoms with E-state index in [4.69, 9.17) is 9.47 Å². The number of carbonyl (C=O) groups is 2. The summed E-state index contributed by atoms with van der Waals surface area (Å²) in [6, 6.07) is 12.1. The molecule has 1 fully saturated rings. The highest BCUT2D eigenvalue weighted by atomic mass is 16.5. The van der Waals surface area contributed by atoms with Crippen LogP contribution in [0.2, 0.25) is 0 Å². The number of ketones is 1. The number of amides is 1. The van der Waals surface area contributed by atoms with E-state index in [9.17, 15) is 14.7 Å². The van der Waals surface area contributed by atoms with E-state index in [1.807, 2.05) is 61.0 Å². The normalized spacial score (nSPS) is 20.2. The lowest BCUT2D eigenvalue weighted by molar-refractivity contribution is -0.139. The number of hydrogen-bond acceptors (Lipinski definition) is 6. The zero-order valence-electron chi connectivity index (χ0n) is 21.1. The molecule has 37 heavy (non-hydrogen) atoms. The largest absolute Gasteiger partial charge is 0.507 e. The molecule has 1 amide bonds. The van der Waals surface area contributed by atoms with E-state index in [-0.39, 0.29) is 17.4 Å². The molecule has 1 saturated heterocycles. The van der Waals surface area contributed by atoms with E-state index in [0.29, 0.717) is 37.4 Å². The Balaban J connectivity index is 1.53. The van der Waals surface area contributed by atoms with Crippen LogP contribution in [0.5, 0.6) is 11.5 Å².